The molecule has 4 rings (SSSR count). The molecule has 0 atom stereocenters. The molecule has 2 aromatic heterocycles. The number of nitrogens with one attached hydrogen (secondary N) is 1. The van der Waals surface area contributed by atoms with Gasteiger partial charge in [0.15, 0.2) is 0 Å². The van der Waals surface area contributed by atoms with E-state index in [0.29, 0.717) is 10.8 Å². The van der Waals surface area contributed by atoms with E-state index in [1.165, 1.54) is 16.0 Å². The van der Waals surface area contributed by atoms with Crippen molar-refractivity contribution in [2.75, 3.05) is 5.32 Å². The Morgan fingerprint density at radius 3 is 2.22 bits per heavy atom. The van der Waals surface area contributed by atoms with Crippen molar-refractivity contribution in [3.05, 3.63) is 79.0 Å². The second-order valence-corrected chi connectivity index (χ2v) is 8.20. The summed E-state index contributed by atoms with van der Waals surface area (Å²) in [5.74, 6) is -0.458. The van der Waals surface area contributed by atoms with Crippen LogP contribution in [0.4, 0.5) is 17.2 Å². The lowest BCUT2D eigenvalue weighted by molar-refractivity contribution is -0.394. The summed E-state index contributed by atoms with van der Waals surface area (Å²) >= 11 is 1.40. The molecule has 0 radical (unpaired) electrons. The Balaban J connectivity index is 1.72. The third-order valence-corrected chi connectivity index (χ3v) is 5.83. The predicted octanol–water partition coefficient (Wildman–Crippen LogP) is 4.48. The molecule has 1 amide bonds. The first-order chi connectivity index (χ1) is 15.1. The normalized spacial score (nSPS) is 11.0. The van der Waals surface area contributed by atoms with E-state index < -0.39 is 27.1 Å². The maximum atomic E-state index is 12.8. The van der Waals surface area contributed by atoms with E-state index in [4.69, 9.17) is 0 Å². The largest absolute Gasteiger partial charge is 0.306 e. The second-order valence-electron chi connectivity index (χ2n) is 7.19. The summed E-state index contributed by atoms with van der Waals surface area (Å²) in [5.41, 5.74) is 2.32. The summed E-state index contributed by atoms with van der Waals surface area (Å²) in [5, 5.41) is 29.8. The Hall–Kier alpha value is -4.19. The number of anilines is 1. The van der Waals surface area contributed by atoms with Gasteiger partial charge in [-0.2, -0.15) is 9.78 Å². The molecule has 11 nitrogen and oxygen atoms in total. The number of nitro groups is 2. The fourth-order valence-electron chi connectivity index (χ4n) is 3.12. The lowest BCUT2D eigenvalue weighted by Gasteiger charge is -2.06. The van der Waals surface area contributed by atoms with Gasteiger partial charge in [0.1, 0.15) is 5.82 Å². The summed E-state index contributed by atoms with van der Waals surface area (Å²) in [4.78, 5) is 38.1. The van der Waals surface area contributed by atoms with Gasteiger partial charge >= 0.3 is 0 Å². The fraction of sp³-hybridized carbons (Fsp3) is 0.150. The summed E-state index contributed by atoms with van der Waals surface area (Å²) in [7, 11) is 0. The molecule has 0 saturated heterocycles. The zero-order valence-electron chi connectivity index (χ0n) is 17.1. The smallest absolute Gasteiger partial charge is 0.277 e. The molecule has 0 saturated carbocycles. The Morgan fingerprint density at radius 2 is 1.59 bits per heavy atom. The summed E-state index contributed by atoms with van der Waals surface area (Å²) in [6.45, 7) is 5.75. The standard InChI is InChI=1S/C20H16N6O5S/c1-10-4-16-17(5-11(10)2)32-20(21-16)24-18(6-12(3)23-24)22-19(27)13-7-14(25(28)29)9-15(8-13)26(30)31/h4-9H,1-3H3,(H,22,27). The number of aryl methyl sites for hydroxylation is 3. The molecule has 32 heavy (non-hydrogen) atoms. The van der Waals surface area contributed by atoms with E-state index >= 15 is 0 Å². The molecule has 0 aliphatic heterocycles. The zero-order valence-corrected chi connectivity index (χ0v) is 18.0. The maximum Gasteiger partial charge on any atom is 0.277 e. The Labute approximate surface area is 184 Å². The molecule has 0 spiro atoms. The molecule has 4 aromatic rings. The highest BCUT2D eigenvalue weighted by Crippen LogP contribution is 2.30. The van der Waals surface area contributed by atoms with Crippen molar-refractivity contribution in [2.24, 2.45) is 0 Å². The lowest BCUT2D eigenvalue weighted by atomic mass is 10.1. The average molecular weight is 452 g/mol. The first kappa shape index (κ1) is 21.1. The van der Waals surface area contributed by atoms with E-state index in [0.717, 1.165) is 39.5 Å². The van der Waals surface area contributed by atoms with E-state index in [1.54, 1.807) is 13.0 Å². The van der Waals surface area contributed by atoms with E-state index in [9.17, 15) is 25.0 Å². The number of rotatable bonds is 5. The highest BCUT2D eigenvalue weighted by atomic mass is 32.1. The number of thiazole rings is 1. The number of hydrogen-bond donors (Lipinski definition) is 1. The molecule has 12 heteroatoms. The summed E-state index contributed by atoms with van der Waals surface area (Å²) in [6, 6.07) is 8.39. The number of carbonyl (C=O) groups excluding carboxylic acids is 1. The minimum absolute atomic E-state index is 0.216. The van der Waals surface area contributed by atoms with Gasteiger partial charge in [-0.25, -0.2) is 4.98 Å². The SMILES string of the molecule is Cc1cc(NC(=O)c2cc([N+](=O)[O-])cc([N+](=O)[O-])c2)n(-c2nc3cc(C)c(C)cc3s2)n1. The number of aromatic nitrogens is 3. The number of non-ortho nitro benzene ring substituents is 2. The highest BCUT2D eigenvalue weighted by molar-refractivity contribution is 7.20. The van der Waals surface area contributed by atoms with Crippen LogP contribution in [0.25, 0.3) is 15.3 Å². The number of benzene rings is 2. The van der Waals surface area contributed by atoms with Gasteiger partial charge in [0, 0.05) is 18.2 Å². The topological polar surface area (TPSA) is 146 Å². The molecule has 1 N–H and O–H groups in total. The Morgan fingerprint density at radius 1 is 0.969 bits per heavy atom. The number of nitrogens with zero attached hydrogens (tertiary/aromatic N) is 5. The number of carbonyl (C=O) groups is 1. The van der Waals surface area contributed by atoms with Crippen molar-refractivity contribution in [1.29, 1.82) is 0 Å². The van der Waals surface area contributed by atoms with Crippen molar-refractivity contribution >= 4 is 44.7 Å². The molecule has 2 heterocycles. The van der Waals surface area contributed by atoms with Crippen molar-refractivity contribution in [1.82, 2.24) is 14.8 Å². The average Bonchev–Trinajstić information content (AvgIpc) is 3.30. The number of amides is 1. The molecule has 0 aliphatic carbocycles. The Kier molecular flexibility index (Phi) is 5.14. The van der Waals surface area contributed by atoms with Gasteiger partial charge in [-0.05, 0) is 44.0 Å². The molecule has 0 aliphatic rings. The maximum absolute atomic E-state index is 12.8. The van der Waals surface area contributed by atoms with Crippen LogP contribution in [-0.4, -0.2) is 30.5 Å². The lowest BCUT2D eigenvalue weighted by Crippen LogP contribution is -2.15. The number of hydrogen-bond acceptors (Lipinski definition) is 8. The summed E-state index contributed by atoms with van der Waals surface area (Å²) < 4.78 is 2.43. The third kappa shape index (κ3) is 3.90. The van der Waals surface area contributed by atoms with Crippen LogP contribution in [-0.2, 0) is 0 Å². The predicted molar refractivity (Wildman–Crippen MR) is 119 cm³/mol. The Bertz CT molecular complexity index is 1350. The van der Waals surface area contributed by atoms with Gasteiger partial charge in [0.05, 0.1) is 37.4 Å². The molecule has 0 fully saturated rings. The second kappa shape index (κ2) is 7.81. The zero-order chi connectivity index (χ0) is 23.2. The van der Waals surface area contributed by atoms with Crippen LogP contribution in [0.3, 0.4) is 0 Å². The van der Waals surface area contributed by atoms with Crippen LogP contribution >= 0.6 is 11.3 Å². The van der Waals surface area contributed by atoms with Gasteiger partial charge in [-0.3, -0.25) is 25.0 Å². The third-order valence-electron chi connectivity index (χ3n) is 4.83. The molecular formula is C20H16N6O5S. The van der Waals surface area contributed by atoms with Gasteiger partial charge in [0.2, 0.25) is 5.13 Å². The van der Waals surface area contributed by atoms with Crippen LogP contribution < -0.4 is 5.32 Å². The van der Waals surface area contributed by atoms with Gasteiger partial charge in [0.25, 0.3) is 17.3 Å². The molecule has 0 bridgehead atoms. The minimum atomic E-state index is -0.788. The van der Waals surface area contributed by atoms with Crippen LogP contribution in [0.5, 0.6) is 0 Å². The molecular weight excluding hydrogens is 436 g/mol. The van der Waals surface area contributed by atoms with Crippen molar-refractivity contribution in [3.8, 4) is 5.13 Å². The highest BCUT2D eigenvalue weighted by Gasteiger charge is 2.22. The molecule has 0 unspecified atom stereocenters. The first-order valence-electron chi connectivity index (χ1n) is 9.32. The van der Waals surface area contributed by atoms with Crippen LogP contribution in [0, 0.1) is 41.0 Å². The minimum Gasteiger partial charge on any atom is -0.306 e. The van der Waals surface area contributed by atoms with E-state index in [-0.39, 0.29) is 11.4 Å². The quantitative estimate of drug-likeness (QED) is 0.347. The fourth-order valence-corrected chi connectivity index (χ4v) is 4.13. The van der Waals surface area contributed by atoms with E-state index in [1.807, 2.05) is 26.0 Å². The van der Waals surface area contributed by atoms with Crippen LogP contribution in [0.2, 0.25) is 0 Å². The van der Waals surface area contributed by atoms with Crippen molar-refractivity contribution in [3.63, 3.8) is 0 Å². The summed E-state index contributed by atoms with van der Waals surface area (Å²) in [6.07, 6.45) is 0. The first-order valence-corrected chi connectivity index (χ1v) is 10.1. The number of nitro benzene ring substituents is 2. The van der Waals surface area contributed by atoms with Gasteiger partial charge in [-0.15, -0.1) is 0 Å². The van der Waals surface area contributed by atoms with Crippen molar-refractivity contribution < 1.29 is 14.6 Å². The molecule has 2 aromatic carbocycles. The molecule has 162 valence electrons. The van der Waals surface area contributed by atoms with Gasteiger partial charge in [-0.1, -0.05) is 11.3 Å². The van der Waals surface area contributed by atoms with Crippen LogP contribution in [0.15, 0.2) is 36.4 Å². The number of fused-ring (bicyclic) bond motifs is 1. The van der Waals surface area contributed by atoms with Crippen molar-refractivity contribution in [2.45, 2.75) is 20.8 Å². The van der Waals surface area contributed by atoms with Gasteiger partial charge < -0.3 is 5.32 Å². The van der Waals surface area contributed by atoms with E-state index in [2.05, 4.69) is 15.4 Å². The monoisotopic (exact) mass is 452 g/mol. The van der Waals surface area contributed by atoms with Crippen LogP contribution in [0.1, 0.15) is 27.2 Å².